The molecule has 2 atom stereocenters. The lowest BCUT2D eigenvalue weighted by atomic mass is 9.79. The molecular weight excluding hydrogens is 920 g/mol. The lowest BCUT2D eigenvalue weighted by Crippen LogP contribution is -2.42. The van der Waals surface area contributed by atoms with Gasteiger partial charge < -0.3 is 42.2 Å². The highest BCUT2D eigenvalue weighted by Gasteiger charge is 2.52. The lowest BCUT2D eigenvalue weighted by Gasteiger charge is -2.34. The summed E-state index contributed by atoms with van der Waals surface area (Å²) in [5.41, 5.74) is -4.74. The molecule has 5 rings (SSSR count). The van der Waals surface area contributed by atoms with E-state index in [2.05, 4.69) is 54.7 Å². The zero-order chi connectivity index (χ0) is 52.3. The second-order valence-electron chi connectivity index (χ2n) is 21.0. The smallest absolute Gasteiger partial charge is 0.492 e. The Hall–Kier alpha value is -4.50. The molecule has 69 heavy (non-hydrogen) atoms. The average molecular weight is 997 g/mol. The van der Waals surface area contributed by atoms with Gasteiger partial charge in [-0.3, -0.25) is 4.90 Å². The second-order valence-corrected chi connectivity index (χ2v) is 22.5. The van der Waals surface area contributed by atoms with Crippen molar-refractivity contribution >= 4 is 40.6 Å². The molecule has 2 amide bonds. The highest BCUT2D eigenvalue weighted by molar-refractivity contribution is 7.87. The van der Waals surface area contributed by atoms with Gasteiger partial charge in [-0.1, -0.05) is 44.2 Å². The SMILES string of the molecule is CN(C)CCOc1cccc(B2OC(C)(C)C(C)(C)O2)c1.C[C@H]1CC=C(OS(=O)(=O)C(F)(F)F)N(C(=O)OC(C)(C)C)C1.C[C@H]1CC=C(c2cccc(OCCN(C)C)c2)N(C(=O)OC(C)(C)C)C1. The zero-order valence-electron chi connectivity index (χ0n) is 43.5. The molecule has 0 N–H and O–H groups in total. The largest absolute Gasteiger partial charge is 0.534 e. The molecule has 0 radical (unpaired) electrons. The maximum Gasteiger partial charge on any atom is 0.534 e. The Labute approximate surface area is 409 Å². The van der Waals surface area contributed by atoms with Crippen LogP contribution in [0.1, 0.15) is 101 Å². The van der Waals surface area contributed by atoms with Crippen molar-refractivity contribution in [1.82, 2.24) is 19.6 Å². The molecule has 3 heterocycles. The maximum absolute atomic E-state index is 12.7. The molecule has 388 valence electrons. The van der Waals surface area contributed by atoms with E-state index >= 15 is 0 Å². The third kappa shape index (κ3) is 19.0. The number of allylic oxidation sites excluding steroid dienone is 2. The van der Waals surface area contributed by atoms with E-state index in [0.29, 0.717) is 25.7 Å². The van der Waals surface area contributed by atoms with Gasteiger partial charge in [0.05, 0.1) is 16.9 Å². The lowest BCUT2D eigenvalue weighted by molar-refractivity contribution is -0.0546. The van der Waals surface area contributed by atoms with Crippen LogP contribution in [0.5, 0.6) is 11.5 Å². The molecule has 0 bridgehead atoms. The van der Waals surface area contributed by atoms with Gasteiger partial charge in [-0.25, -0.2) is 14.5 Å². The summed E-state index contributed by atoms with van der Waals surface area (Å²) in [5.74, 6) is 1.31. The van der Waals surface area contributed by atoms with Crippen molar-refractivity contribution in [2.45, 2.75) is 124 Å². The van der Waals surface area contributed by atoms with Crippen molar-refractivity contribution < 1.29 is 63.6 Å². The number of nitrogens with zero attached hydrogens (tertiary/aromatic N) is 4. The summed E-state index contributed by atoms with van der Waals surface area (Å²) in [5, 5.41) is 0. The summed E-state index contributed by atoms with van der Waals surface area (Å²) in [6.45, 7) is 26.2. The van der Waals surface area contributed by atoms with E-state index in [1.807, 2.05) is 97.5 Å². The van der Waals surface area contributed by atoms with E-state index in [9.17, 15) is 31.2 Å². The van der Waals surface area contributed by atoms with Crippen LogP contribution in [0.15, 0.2) is 66.6 Å². The fourth-order valence-corrected chi connectivity index (χ4v) is 6.92. The number of hydrogen-bond donors (Lipinski definition) is 0. The van der Waals surface area contributed by atoms with Gasteiger partial charge in [-0.15, -0.1) is 0 Å². The van der Waals surface area contributed by atoms with E-state index in [0.717, 1.165) is 58.7 Å². The van der Waals surface area contributed by atoms with Gasteiger partial charge in [-0.05, 0) is 158 Å². The van der Waals surface area contributed by atoms with Crippen LogP contribution in [0.3, 0.4) is 0 Å². The van der Waals surface area contributed by atoms with Gasteiger partial charge in [0.1, 0.15) is 35.9 Å². The fourth-order valence-electron chi connectivity index (χ4n) is 6.45. The first-order valence-electron chi connectivity index (χ1n) is 23.1. The number of alkyl halides is 3. The quantitative estimate of drug-likeness (QED) is 0.113. The minimum atomic E-state index is -5.84. The number of ether oxygens (including phenoxy) is 4. The summed E-state index contributed by atoms with van der Waals surface area (Å²) < 4.78 is 97.8. The number of likely N-dealkylation sites (N-methyl/N-ethyl adjacent to an activating group) is 2. The topological polar surface area (TPSA) is 146 Å². The van der Waals surface area contributed by atoms with Crippen LogP contribution < -0.4 is 14.9 Å². The first-order chi connectivity index (χ1) is 31.6. The predicted octanol–water partition coefficient (Wildman–Crippen LogP) is 9.14. The highest BCUT2D eigenvalue weighted by Crippen LogP contribution is 2.37. The number of hydrogen-bond acceptors (Lipinski definition) is 13. The normalized spacial score (nSPS) is 19.3. The Balaban J connectivity index is 0.000000276. The number of rotatable bonds is 12. The number of halogens is 3. The minimum absolute atomic E-state index is 0.00583. The van der Waals surface area contributed by atoms with Crippen molar-refractivity contribution in [2.24, 2.45) is 11.8 Å². The van der Waals surface area contributed by atoms with Gasteiger partial charge in [0, 0.05) is 31.7 Å². The Morgan fingerprint density at radius 3 is 1.65 bits per heavy atom. The van der Waals surface area contributed by atoms with Crippen LogP contribution in [0.25, 0.3) is 5.70 Å². The summed E-state index contributed by atoms with van der Waals surface area (Å²) in [4.78, 5) is 31.4. The van der Waals surface area contributed by atoms with Crippen LogP contribution in [0.4, 0.5) is 22.8 Å². The monoisotopic (exact) mass is 997 g/mol. The van der Waals surface area contributed by atoms with Gasteiger partial charge >= 0.3 is 34.9 Å². The van der Waals surface area contributed by atoms with E-state index in [-0.39, 0.29) is 43.3 Å². The molecule has 0 spiro atoms. The van der Waals surface area contributed by atoms with Crippen LogP contribution in [0, 0.1) is 11.8 Å². The molecule has 0 unspecified atom stereocenters. The summed E-state index contributed by atoms with van der Waals surface area (Å²) in [7, 11) is 1.92. The van der Waals surface area contributed by atoms with Crippen LogP contribution in [-0.2, 0) is 33.1 Å². The molecule has 15 nitrogen and oxygen atoms in total. The molecule has 0 saturated carbocycles. The fraction of sp³-hybridized carbons (Fsp3) is 0.633. The molecule has 2 aromatic rings. The molecule has 0 aromatic heterocycles. The van der Waals surface area contributed by atoms with Gasteiger partial charge in [0.15, 0.2) is 0 Å². The Kier molecular flexibility index (Phi) is 20.5. The third-order valence-corrected chi connectivity index (χ3v) is 11.7. The molecule has 1 fully saturated rings. The molecule has 3 aliphatic rings. The van der Waals surface area contributed by atoms with E-state index in [4.69, 9.17) is 28.3 Å². The number of carbonyl (C=O) groups excluding carboxylic acids is 2. The van der Waals surface area contributed by atoms with Crippen molar-refractivity contribution in [2.75, 3.05) is 67.6 Å². The van der Waals surface area contributed by atoms with Crippen molar-refractivity contribution in [3.63, 3.8) is 0 Å². The van der Waals surface area contributed by atoms with Crippen molar-refractivity contribution in [1.29, 1.82) is 0 Å². The Bertz CT molecular complexity index is 2170. The summed E-state index contributed by atoms with van der Waals surface area (Å²) >= 11 is 0. The van der Waals surface area contributed by atoms with Crippen LogP contribution >= 0.6 is 0 Å². The third-order valence-electron chi connectivity index (χ3n) is 10.8. The van der Waals surface area contributed by atoms with Gasteiger partial charge in [0.2, 0.25) is 5.88 Å². The predicted molar refractivity (Wildman–Crippen MR) is 262 cm³/mol. The highest BCUT2D eigenvalue weighted by atomic mass is 32.2. The van der Waals surface area contributed by atoms with E-state index in [1.54, 1.807) is 32.6 Å². The van der Waals surface area contributed by atoms with Crippen LogP contribution in [-0.4, -0.2) is 143 Å². The molecule has 2 aromatic carbocycles. The zero-order valence-corrected chi connectivity index (χ0v) is 44.3. The van der Waals surface area contributed by atoms with E-state index < -0.39 is 38.8 Å². The number of benzene rings is 2. The minimum Gasteiger partial charge on any atom is -0.492 e. The Morgan fingerprint density at radius 2 is 1.17 bits per heavy atom. The average Bonchev–Trinajstić information content (AvgIpc) is 3.43. The number of carbonyl (C=O) groups is 2. The summed E-state index contributed by atoms with van der Waals surface area (Å²) in [6, 6.07) is 15.9. The Morgan fingerprint density at radius 1 is 0.725 bits per heavy atom. The van der Waals surface area contributed by atoms with Crippen LogP contribution in [0.2, 0.25) is 0 Å². The maximum atomic E-state index is 12.7. The van der Waals surface area contributed by atoms with Gasteiger partial charge in [0.25, 0.3) is 0 Å². The van der Waals surface area contributed by atoms with Crippen molar-refractivity contribution in [3.8, 4) is 11.5 Å². The first-order valence-corrected chi connectivity index (χ1v) is 24.5. The summed E-state index contributed by atoms with van der Waals surface area (Å²) in [6.07, 6.45) is 3.21. The first kappa shape index (κ1) is 58.8. The standard InChI is InChI=1S/C21H32N2O3.C16H26BNO3.C12H18F3NO5S/c1-16-10-11-19(23(15-16)20(24)26-21(2,3)4)17-8-7-9-18(14-17)25-13-12-22(5)6;1-15(2)16(3,4)21-17(20-15)13-8-7-9-14(12-13)19-11-10-18(5)6;1-8-5-6-9(21-22(18,19)12(13,14)15)16(7-8)10(17)20-11(2,3)4/h7-9,11,14,16H,10,12-13,15H2,1-6H3;7-9,12H,10-11H2,1-6H3;6,8H,5,7H2,1-4H3/t16-;;8-/m0.0/s1. The second kappa shape index (κ2) is 24.1. The molecular formula is C49H76BF3N4O11S. The molecule has 0 aliphatic carbocycles. The van der Waals surface area contributed by atoms with Gasteiger partial charge in [-0.2, -0.15) is 21.6 Å². The molecule has 20 heteroatoms. The molecule has 1 saturated heterocycles. The van der Waals surface area contributed by atoms with Crippen molar-refractivity contribution in [3.05, 3.63) is 72.1 Å². The number of amides is 2. The van der Waals surface area contributed by atoms with E-state index in [1.165, 1.54) is 0 Å². The molecule has 3 aliphatic heterocycles.